The molecule has 0 atom stereocenters. The molecule has 0 saturated heterocycles. The van der Waals surface area contributed by atoms with Crippen LogP contribution in [0.1, 0.15) is 71.1 Å². The van der Waals surface area contributed by atoms with Gasteiger partial charge in [-0.15, -0.1) is 0 Å². The Kier molecular flexibility index (Phi) is 14.7. The lowest BCUT2D eigenvalue weighted by Gasteiger charge is -2.00. The molecule has 0 spiro atoms. The van der Waals surface area contributed by atoms with Gasteiger partial charge in [0.15, 0.2) is 0 Å². The van der Waals surface area contributed by atoms with Crippen molar-refractivity contribution in [1.82, 2.24) is 0 Å². The van der Waals surface area contributed by atoms with Crippen molar-refractivity contribution in [3.8, 4) is 0 Å². The molecule has 2 nitrogen and oxygen atoms in total. The third-order valence-electron chi connectivity index (χ3n) is 3.08. The average Bonchev–Trinajstić information content (AvgIpc) is 2.43. The van der Waals surface area contributed by atoms with Crippen molar-refractivity contribution in [2.24, 2.45) is 0 Å². The summed E-state index contributed by atoms with van der Waals surface area (Å²) in [6.07, 6.45) is 23.0. The van der Waals surface area contributed by atoms with Gasteiger partial charge in [-0.2, -0.15) is 0 Å². The molecular weight excluding hydrogens is 248 g/mol. The van der Waals surface area contributed by atoms with Crippen molar-refractivity contribution in [3.05, 3.63) is 36.5 Å². The van der Waals surface area contributed by atoms with Crippen LogP contribution in [-0.2, 0) is 4.79 Å². The lowest BCUT2D eigenvalue weighted by molar-refractivity contribution is -0.305. The summed E-state index contributed by atoms with van der Waals surface area (Å²) in [5, 5.41) is 10.2. The zero-order valence-corrected chi connectivity index (χ0v) is 12.9. The molecule has 0 bridgehead atoms. The Morgan fingerprint density at radius 3 is 1.90 bits per heavy atom. The quantitative estimate of drug-likeness (QED) is 0.371. The molecule has 0 amide bonds. The molecule has 2 heteroatoms. The highest BCUT2D eigenvalue weighted by molar-refractivity contribution is 5.63. The minimum Gasteiger partial charge on any atom is -0.550 e. The second kappa shape index (κ2) is 15.7. The first-order chi connectivity index (χ1) is 9.77. The van der Waals surface area contributed by atoms with Crippen LogP contribution < -0.4 is 5.11 Å². The standard InChI is InChI=1S/C18H30O2/c1-2-3-4-5-6-7-8-9-10-11-12-13-14-15-16-17-18(19)20/h6-11H,2-5,12-17H2,1H3,(H,19,20)/p-1/b7-6-,9-8+,11-10+. The smallest absolute Gasteiger partial charge is 0.0414 e. The van der Waals surface area contributed by atoms with Crippen molar-refractivity contribution in [3.63, 3.8) is 0 Å². The monoisotopic (exact) mass is 277 g/mol. The third kappa shape index (κ3) is 16.7. The van der Waals surface area contributed by atoms with E-state index in [1.807, 2.05) is 0 Å². The number of unbranched alkanes of at least 4 members (excludes halogenated alkanes) is 7. The summed E-state index contributed by atoms with van der Waals surface area (Å²) in [6, 6.07) is 0. The summed E-state index contributed by atoms with van der Waals surface area (Å²) in [5.74, 6) is -0.933. The third-order valence-corrected chi connectivity index (χ3v) is 3.08. The molecule has 0 radical (unpaired) electrons. The Hall–Kier alpha value is -1.31. The zero-order valence-electron chi connectivity index (χ0n) is 12.9. The highest BCUT2D eigenvalue weighted by atomic mass is 16.4. The number of carbonyl (C=O) groups excluding carboxylic acids is 1. The maximum Gasteiger partial charge on any atom is 0.0414 e. The van der Waals surface area contributed by atoms with Gasteiger partial charge in [0.2, 0.25) is 0 Å². The fourth-order valence-corrected chi connectivity index (χ4v) is 1.88. The van der Waals surface area contributed by atoms with Crippen LogP contribution in [0.25, 0.3) is 0 Å². The molecule has 0 unspecified atom stereocenters. The molecule has 0 rings (SSSR count). The van der Waals surface area contributed by atoms with E-state index in [9.17, 15) is 9.90 Å². The second-order valence-electron chi connectivity index (χ2n) is 5.06. The first-order valence-corrected chi connectivity index (χ1v) is 7.95. The van der Waals surface area contributed by atoms with Gasteiger partial charge in [0, 0.05) is 5.97 Å². The summed E-state index contributed by atoms with van der Waals surface area (Å²) in [4.78, 5) is 10.2. The van der Waals surface area contributed by atoms with Crippen LogP contribution in [0.15, 0.2) is 36.5 Å². The van der Waals surface area contributed by atoms with Crippen LogP contribution in [0.4, 0.5) is 0 Å². The summed E-state index contributed by atoms with van der Waals surface area (Å²) >= 11 is 0. The van der Waals surface area contributed by atoms with Gasteiger partial charge in [-0.25, -0.2) is 0 Å². The number of carboxylic acid groups (broad SMARTS) is 1. The number of carboxylic acids is 1. The Balaban J connectivity index is 3.32. The minimum absolute atomic E-state index is 0.198. The SMILES string of the molecule is CCCCC\C=C/C=C/C=C/CCCCCCC(=O)[O-]. The molecule has 0 aliphatic rings. The molecule has 0 aromatic carbocycles. The Morgan fingerprint density at radius 1 is 0.800 bits per heavy atom. The predicted molar refractivity (Wildman–Crippen MR) is 84.3 cm³/mol. The number of allylic oxidation sites excluding steroid dienone is 6. The highest BCUT2D eigenvalue weighted by Gasteiger charge is 1.89. The molecule has 0 N–H and O–H groups in total. The molecule has 20 heavy (non-hydrogen) atoms. The van der Waals surface area contributed by atoms with Crippen LogP contribution >= 0.6 is 0 Å². The van der Waals surface area contributed by atoms with E-state index in [0.717, 1.165) is 32.1 Å². The minimum atomic E-state index is -0.933. The van der Waals surface area contributed by atoms with Crippen LogP contribution in [0.2, 0.25) is 0 Å². The van der Waals surface area contributed by atoms with Crippen molar-refractivity contribution >= 4 is 5.97 Å². The summed E-state index contributed by atoms with van der Waals surface area (Å²) in [7, 11) is 0. The van der Waals surface area contributed by atoms with Crippen LogP contribution in [0.3, 0.4) is 0 Å². The van der Waals surface area contributed by atoms with Crippen LogP contribution in [0, 0.1) is 0 Å². The summed E-state index contributed by atoms with van der Waals surface area (Å²) < 4.78 is 0. The fourth-order valence-electron chi connectivity index (χ4n) is 1.88. The number of hydrogen-bond donors (Lipinski definition) is 0. The van der Waals surface area contributed by atoms with E-state index < -0.39 is 5.97 Å². The lowest BCUT2D eigenvalue weighted by atomic mass is 10.1. The molecular formula is C18H29O2-. The molecule has 0 aromatic rings. The van der Waals surface area contributed by atoms with E-state index in [2.05, 4.69) is 43.4 Å². The van der Waals surface area contributed by atoms with Gasteiger partial charge in [-0.1, -0.05) is 69.1 Å². The van der Waals surface area contributed by atoms with Gasteiger partial charge >= 0.3 is 0 Å². The Bertz CT molecular complexity index is 301. The van der Waals surface area contributed by atoms with Crippen molar-refractivity contribution in [2.45, 2.75) is 71.1 Å². The number of aliphatic carboxylic acids is 1. The first-order valence-electron chi connectivity index (χ1n) is 7.95. The maximum absolute atomic E-state index is 10.2. The van der Waals surface area contributed by atoms with Crippen molar-refractivity contribution < 1.29 is 9.90 Å². The molecule has 114 valence electrons. The molecule has 0 aliphatic heterocycles. The Labute approximate surface area is 124 Å². The number of carbonyl (C=O) groups is 1. The van der Waals surface area contributed by atoms with Crippen LogP contribution in [-0.4, -0.2) is 5.97 Å². The number of rotatable bonds is 13. The van der Waals surface area contributed by atoms with Crippen LogP contribution in [0.5, 0.6) is 0 Å². The van der Waals surface area contributed by atoms with E-state index in [1.165, 1.54) is 25.7 Å². The summed E-state index contributed by atoms with van der Waals surface area (Å²) in [6.45, 7) is 2.22. The fraction of sp³-hybridized carbons (Fsp3) is 0.611. The van der Waals surface area contributed by atoms with Gasteiger partial charge in [-0.3, -0.25) is 0 Å². The van der Waals surface area contributed by atoms with Gasteiger partial charge in [0.25, 0.3) is 0 Å². The topological polar surface area (TPSA) is 40.1 Å². The predicted octanol–water partition coefficient (Wildman–Crippen LogP) is 4.33. The van der Waals surface area contributed by atoms with E-state index >= 15 is 0 Å². The zero-order chi connectivity index (χ0) is 14.9. The normalized spacial score (nSPS) is 12.1. The van der Waals surface area contributed by atoms with Gasteiger partial charge in [0.1, 0.15) is 0 Å². The van der Waals surface area contributed by atoms with Gasteiger partial charge < -0.3 is 9.90 Å². The largest absolute Gasteiger partial charge is 0.550 e. The average molecular weight is 277 g/mol. The van der Waals surface area contributed by atoms with E-state index in [0.29, 0.717) is 0 Å². The molecule has 0 heterocycles. The number of hydrogen-bond acceptors (Lipinski definition) is 2. The highest BCUT2D eigenvalue weighted by Crippen LogP contribution is 2.05. The maximum atomic E-state index is 10.2. The summed E-state index contributed by atoms with van der Waals surface area (Å²) in [5.41, 5.74) is 0. The molecule has 0 aromatic heterocycles. The van der Waals surface area contributed by atoms with E-state index in [-0.39, 0.29) is 6.42 Å². The van der Waals surface area contributed by atoms with Gasteiger partial charge in [0.05, 0.1) is 0 Å². The molecule has 0 aliphatic carbocycles. The van der Waals surface area contributed by atoms with Crippen molar-refractivity contribution in [1.29, 1.82) is 0 Å². The van der Waals surface area contributed by atoms with E-state index in [1.54, 1.807) is 0 Å². The molecule has 0 saturated carbocycles. The lowest BCUT2D eigenvalue weighted by Crippen LogP contribution is -2.21. The second-order valence-corrected chi connectivity index (χ2v) is 5.06. The molecule has 0 fully saturated rings. The van der Waals surface area contributed by atoms with Crippen molar-refractivity contribution in [2.75, 3.05) is 0 Å². The van der Waals surface area contributed by atoms with Gasteiger partial charge in [-0.05, 0) is 38.5 Å². The Morgan fingerprint density at radius 2 is 1.35 bits per heavy atom. The van der Waals surface area contributed by atoms with E-state index in [4.69, 9.17) is 0 Å². The first kappa shape index (κ1) is 18.7.